The average molecular weight is 548 g/mol. The summed E-state index contributed by atoms with van der Waals surface area (Å²) in [5.41, 5.74) is 2.13. The lowest BCUT2D eigenvalue weighted by Gasteiger charge is -2.33. The molecular formula is C31H34FN3O5. The Labute approximate surface area is 233 Å². The standard InChI is InChI=1S/C31H34FN3O5/c1-21(36)33-28-12-9-24(19-29(28)40-3)31(38)35(26-5-4-6-27(20-26)39-2)18-17-34-15-13-23(14-16-34)30(37)22-7-10-25(32)11-8-22/h4-12,19-20,23H,13-18H2,1-3H3,(H,33,36). The number of rotatable bonds is 10. The molecule has 0 aromatic heterocycles. The Morgan fingerprint density at radius 2 is 1.65 bits per heavy atom. The number of hydrogen-bond acceptors (Lipinski definition) is 6. The number of nitrogens with one attached hydrogen (secondary N) is 1. The molecule has 1 fully saturated rings. The summed E-state index contributed by atoms with van der Waals surface area (Å²) in [6.45, 7) is 3.87. The number of hydrogen-bond donors (Lipinski definition) is 1. The molecule has 2 amide bonds. The number of likely N-dealkylation sites (tertiary alicyclic amines) is 1. The van der Waals surface area contributed by atoms with Crippen LogP contribution in [0, 0.1) is 11.7 Å². The van der Waals surface area contributed by atoms with Gasteiger partial charge in [-0.1, -0.05) is 6.07 Å². The van der Waals surface area contributed by atoms with Crippen LogP contribution in [-0.2, 0) is 4.79 Å². The van der Waals surface area contributed by atoms with Gasteiger partial charge in [-0.25, -0.2) is 4.39 Å². The lowest BCUT2D eigenvalue weighted by atomic mass is 9.89. The van der Waals surface area contributed by atoms with Crippen LogP contribution in [0.25, 0.3) is 0 Å². The number of halogens is 1. The molecule has 0 saturated carbocycles. The number of carbonyl (C=O) groups is 3. The summed E-state index contributed by atoms with van der Waals surface area (Å²) < 4.78 is 24.1. The molecule has 1 saturated heterocycles. The van der Waals surface area contributed by atoms with E-state index in [9.17, 15) is 18.8 Å². The number of amides is 2. The van der Waals surface area contributed by atoms with Gasteiger partial charge in [-0.05, 0) is 80.5 Å². The minimum Gasteiger partial charge on any atom is -0.497 e. The van der Waals surface area contributed by atoms with Crippen LogP contribution in [0.4, 0.5) is 15.8 Å². The van der Waals surface area contributed by atoms with E-state index >= 15 is 0 Å². The van der Waals surface area contributed by atoms with E-state index in [1.54, 1.807) is 42.3 Å². The van der Waals surface area contributed by atoms with Crippen LogP contribution in [0.2, 0.25) is 0 Å². The Hall–Kier alpha value is -4.24. The van der Waals surface area contributed by atoms with E-state index in [1.165, 1.54) is 26.2 Å². The van der Waals surface area contributed by atoms with Crippen LogP contribution in [0.5, 0.6) is 11.5 Å². The molecule has 1 N–H and O–H groups in total. The first-order valence-corrected chi connectivity index (χ1v) is 13.2. The molecule has 210 valence electrons. The lowest BCUT2D eigenvalue weighted by molar-refractivity contribution is -0.114. The number of methoxy groups -OCH3 is 2. The number of Topliss-reactive ketones (excluding diaryl/α,β-unsaturated/α-hetero) is 1. The molecule has 0 radical (unpaired) electrons. The van der Waals surface area contributed by atoms with Crippen molar-refractivity contribution in [1.29, 1.82) is 0 Å². The van der Waals surface area contributed by atoms with Crippen molar-refractivity contribution in [3.05, 3.63) is 83.7 Å². The molecular weight excluding hydrogens is 513 g/mol. The minimum atomic E-state index is -0.358. The summed E-state index contributed by atoms with van der Waals surface area (Å²) in [5, 5.41) is 2.71. The molecule has 1 aliphatic rings. The van der Waals surface area contributed by atoms with E-state index < -0.39 is 0 Å². The van der Waals surface area contributed by atoms with Crippen LogP contribution in [0.15, 0.2) is 66.7 Å². The van der Waals surface area contributed by atoms with Gasteiger partial charge in [0.05, 0.1) is 19.9 Å². The fourth-order valence-corrected chi connectivity index (χ4v) is 4.91. The van der Waals surface area contributed by atoms with Crippen molar-refractivity contribution in [3.8, 4) is 11.5 Å². The van der Waals surface area contributed by atoms with E-state index in [2.05, 4.69) is 10.2 Å². The van der Waals surface area contributed by atoms with Crippen LogP contribution in [0.1, 0.15) is 40.5 Å². The van der Waals surface area contributed by atoms with Crippen LogP contribution >= 0.6 is 0 Å². The van der Waals surface area contributed by atoms with Gasteiger partial charge < -0.3 is 24.6 Å². The summed E-state index contributed by atoms with van der Waals surface area (Å²) in [6, 6.07) is 18.0. The average Bonchev–Trinajstić information content (AvgIpc) is 2.97. The third-order valence-electron chi connectivity index (χ3n) is 7.10. The quantitative estimate of drug-likeness (QED) is 0.358. The van der Waals surface area contributed by atoms with Gasteiger partial charge in [-0.3, -0.25) is 14.4 Å². The molecule has 0 spiro atoms. The largest absolute Gasteiger partial charge is 0.497 e. The Morgan fingerprint density at radius 3 is 2.30 bits per heavy atom. The Bertz CT molecular complexity index is 1350. The molecule has 0 unspecified atom stereocenters. The summed E-state index contributed by atoms with van der Waals surface area (Å²) >= 11 is 0. The van der Waals surface area contributed by atoms with Crippen molar-refractivity contribution in [2.24, 2.45) is 5.92 Å². The van der Waals surface area contributed by atoms with Gasteiger partial charge in [0.25, 0.3) is 5.91 Å². The summed E-state index contributed by atoms with van der Waals surface area (Å²) in [7, 11) is 3.06. The Balaban J connectivity index is 1.47. The van der Waals surface area contributed by atoms with E-state index in [-0.39, 0.29) is 29.3 Å². The maximum absolute atomic E-state index is 13.8. The molecule has 9 heteroatoms. The van der Waals surface area contributed by atoms with Gasteiger partial charge in [0.1, 0.15) is 17.3 Å². The maximum atomic E-state index is 13.8. The number of nitrogens with zero attached hydrogens (tertiary/aromatic N) is 2. The van der Waals surface area contributed by atoms with Gasteiger partial charge >= 0.3 is 0 Å². The van der Waals surface area contributed by atoms with Crippen LogP contribution < -0.4 is 19.7 Å². The molecule has 0 bridgehead atoms. The van der Waals surface area contributed by atoms with Gasteiger partial charge in [-0.2, -0.15) is 0 Å². The predicted octanol–water partition coefficient (Wildman–Crippen LogP) is 5.04. The predicted molar refractivity (Wildman–Crippen MR) is 152 cm³/mol. The highest BCUT2D eigenvalue weighted by molar-refractivity contribution is 6.07. The van der Waals surface area contributed by atoms with Crippen LogP contribution in [-0.4, -0.2) is 62.9 Å². The zero-order chi connectivity index (χ0) is 28.6. The third kappa shape index (κ3) is 7.04. The number of piperidine rings is 1. The number of ether oxygens (including phenoxy) is 2. The van der Waals surface area contributed by atoms with E-state index in [0.29, 0.717) is 59.9 Å². The number of carbonyl (C=O) groups excluding carboxylic acids is 3. The summed E-state index contributed by atoms with van der Waals surface area (Å²) in [6.07, 6.45) is 1.40. The first-order chi connectivity index (χ1) is 19.3. The second-order valence-corrected chi connectivity index (χ2v) is 9.74. The van der Waals surface area contributed by atoms with Gasteiger partial charge in [0.15, 0.2) is 5.78 Å². The van der Waals surface area contributed by atoms with Gasteiger partial charge in [0, 0.05) is 48.8 Å². The first kappa shape index (κ1) is 28.8. The monoisotopic (exact) mass is 547 g/mol. The fourth-order valence-electron chi connectivity index (χ4n) is 4.91. The molecule has 4 rings (SSSR count). The molecule has 8 nitrogen and oxygen atoms in total. The van der Waals surface area contributed by atoms with E-state index in [4.69, 9.17) is 9.47 Å². The Morgan fingerprint density at radius 1 is 0.950 bits per heavy atom. The smallest absolute Gasteiger partial charge is 0.258 e. The summed E-state index contributed by atoms with van der Waals surface area (Å²) in [4.78, 5) is 42.2. The van der Waals surface area contributed by atoms with Gasteiger partial charge in [-0.15, -0.1) is 0 Å². The highest BCUT2D eigenvalue weighted by atomic mass is 19.1. The molecule has 3 aromatic carbocycles. The first-order valence-electron chi connectivity index (χ1n) is 13.2. The lowest BCUT2D eigenvalue weighted by Crippen LogP contribution is -2.42. The van der Waals surface area contributed by atoms with Crippen molar-refractivity contribution in [1.82, 2.24) is 4.90 Å². The van der Waals surface area contributed by atoms with Crippen LogP contribution in [0.3, 0.4) is 0 Å². The van der Waals surface area contributed by atoms with Crippen molar-refractivity contribution in [2.75, 3.05) is 50.6 Å². The number of anilines is 2. The van der Waals surface area contributed by atoms with Crippen molar-refractivity contribution >= 4 is 29.0 Å². The highest BCUT2D eigenvalue weighted by Gasteiger charge is 2.27. The maximum Gasteiger partial charge on any atom is 0.258 e. The SMILES string of the molecule is COc1cccc(N(CCN2CCC(C(=O)c3ccc(F)cc3)CC2)C(=O)c2ccc(NC(C)=O)c(OC)c2)c1. The second-order valence-electron chi connectivity index (χ2n) is 9.74. The molecule has 1 aliphatic heterocycles. The van der Waals surface area contributed by atoms with E-state index in [0.717, 1.165) is 13.1 Å². The molecule has 40 heavy (non-hydrogen) atoms. The fraction of sp³-hybridized carbons (Fsp3) is 0.323. The molecule has 0 aliphatic carbocycles. The normalized spacial score (nSPS) is 13.9. The third-order valence-corrected chi connectivity index (χ3v) is 7.10. The van der Waals surface area contributed by atoms with Gasteiger partial charge in [0.2, 0.25) is 5.91 Å². The molecule has 0 atom stereocenters. The zero-order valence-electron chi connectivity index (χ0n) is 23.0. The Kier molecular flexibility index (Phi) is 9.50. The van der Waals surface area contributed by atoms with Crippen molar-refractivity contribution < 1.29 is 28.2 Å². The molecule has 3 aromatic rings. The highest BCUT2D eigenvalue weighted by Crippen LogP contribution is 2.29. The van der Waals surface area contributed by atoms with Crippen molar-refractivity contribution in [2.45, 2.75) is 19.8 Å². The number of benzene rings is 3. The number of ketones is 1. The molecule has 1 heterocycles. The second kappa shape index (κ2) is 13.2. The minimum absolute atomic E-state index is 0.0458. The summed E-state index contributed by atoms with van der Waals surface area (Å²) in [5.74, 6) is 0.148. The van der Waals surface area contributed by atoms with Crippen molar-refractivity contribution in [3.63, 3.8) is 0 Å². The zero-order valence-corrected chi connectivity index (χ0v) is 23.0. The topological polar surface area (TPSA) is 88.2 Å². The van der Waals surface area contributed by atoms with E-state index in [1.807, 2.05) is 24.3 Å².